The van der Waals surface area contributed by atoms with Gasteiger partial charge in [-0.1, -0.05) is 6.92 Å². The minimum absolute atomic E-state index is 0.751. The van der Waals surface area contributed by atoms with Crippen molar-refractivity contribution in [2.45, 2.75) is 51.1 Å². The van der Waals surface area contributed by atoms with E-state index in [1.54, 1.807) is 0 Å². The molecule has 0 bridgehead atoms. The predicted molar refractivity (Wildman–Crippen MR) is 80.5 cm³/mol. The monoisotopic (exact) mass is 280 g/mol. The Morgan fingerprint density at radius 2 is 2.32 bits per heavy atom. The molecule has 2 aliphatic rings. The topological polar surface area (TPSA) is 28.4 Å². The van der Waals surface area contributed by atoms with E-state index in [0.29, 0.717) is 0 Å². The van der Waals surface area contributed by atoms with E-state index in [9.17, 15) is 0 Å². The normalized spacial score (nSPS) is 24.8. The fourth-order valence-corrected chi connectivity index (χ4v) is 3.72. The minimum Gasteiger partial charge on any atom is -0.465 e. The summed E-state index contributed by atoms with van der Waals surface area (Å²) in [5.41, 5.74) is 1.33. The van der Waals surface area contributed by atoms with E-state index in [4.69, 9.17) is 4.42 Å². The first-order valence-electron chi connectivity index (χ1n) is 7.36. The zero-order valence-corrected chi connectivity index (χ0v) is 12.8. The lowest BCUT2D eigenvalue weighted by atomic mass is 10.2. The van der Waals surface area contributed by atoms with Gasteiger partial charge in [-0.25, -0.2) is 0 Å². The summed E-state index contributed by atoms with van der Waals surface area (Å²) in [6.45, 7) is 8.70. The highest BCUT2D eigenvalue weighted by molar-refractivity contribution is 7.99. The molecule has 3 rings (SSSR count). The van der Waals surface area contributed by atoms with Gasteiger partial charge in [0.15, 0.2) is 0 Å². The van der Waals surface area contributed by atoms with Crippen molar-refractivity contribution in [1.29, 1.82) is 0 Å². The van der Waals surface area contributed by atoms with Crippen LogP contribution < -0.4 is 5.32 Å². The first-order valence-corrected chi connectivity index (χ1v) is 8.41. The third-order valence-corrected chi connectivity index (χ3v) is 5.07. The molecule has 2 fully saturated rings. The van der Waals surface area contributed by atoms with E-state index >= 15 is 0 Å². The first kappa shape index (κ1) is 13.5. The van der Waals surface area contributed by atoms with E-state index in [1.165, 1.54) is 37.2 Å². The average Bonchev–Trinajstić information content (AvgIpc) is 3.12. The Labute approximate surface area is 120 Å². The molecule has 1 aliphatic carbocycles. The Morgan fingerprint density at radius 3 is 3.05 bits per heavy atom. The Bertz CT molecular complexity index is 428. The Kier molecular flexibility index (Phi) is 4.20. The number of furan rings is 1. The molecule has 4 heteroatoms. The van der Waals surface area contributed by atoms with Crippen molar-refractivity contribution in [2.24, 2.45) is 0 Å². The molecule has 1 aliphatic heterocycles. The van der Waals surface area contributed by atoms with Crippen molar-refractivity contribution in [3.8, 4) is 0 Å². The van der Waals surface area contributed by atoms with Crippen LogP contribution in [0.3, 0.4) is 0 Å². The summed E-state index contributed by atoms with van der Waals surface area (Å²) >= 11 is 2.08. The van der Waals surface area contributed by atoms with Crippen molar-refractivity contribution < 1.29 is 4.42 Å². The molecule has 1 saturated carbocycles. The van der Waals surface area contributed by atoms with Crippen LogP contribution in [0.15, 0.2) is 10.5 Å². The largest absolute Gasteiger partial charge is 0.465 e. The van der Waals surface area contributed by atoms with Crippen molar-refractivity contribution in [3.05, 3.63) is 23.2 Å². The lowest BCUT2D eigenvalue weighted by Crippen LogP contribution is -2.35. The highest BCUT2D eigenvalue weighted by Gasteiger charge is 2.22. The molecule has 1 unspecified atom stereocenters. The van der Waals surface area contributed by atoms with Crippen LogP contribution in [0.2, 0.25) is 0 Å². The SMILES string of the molecule is Cc1oc(CN2CCSC(C)C2)cc1CNC1CC1. The van der Waals surface area contributed by atoms with Crippen LogP contribution in [0.4, 0.5) is 0 Å². The maximum atomic E-state index is 5.92. The third kappa shape index (κ3) is 3.77. The number of hydrogen-bond donors (Lipinski definition) is 1. The fourth-order valence-electron chi connectivity index (χ4n) is 2.64. The van der Waals surface area contributed by atoms with Gasteiger partial charge in [0.25, 0.3) is 0 Å². The summed E-state index contributed by atoms with van der Waals surface area (Å²) in [6, 6.07) is 3.01. The molecule has 1 saturated heterocycles. The van der Waals surface area contributed by atoms with Gasteiger partial charge >= 0.3 is 0 Å². The third-order valence-electron chi connectivity index (χ3n) is 3.93. The minimum atomic E-state index is 0.751. The molecule has 0 aromatic carbocycles. The lowest BCUT2D eigenvalue weighted by Gasteiger charge is -2.29. The van der Waals surface area contributed by atoms with Crippen molar-refractivity contribution in [3.63, 3.8) is 0 Å². The maximum absolute atomic E-state index is 5.92. The summed E-state index contributed by atoms with van der Waals surface area (Å²) in [6.07, 6.45) is 2.68. The number of thioether (sulfide) groups is 1. The van der Waals surface area contributed by atoms with Gasteiger partial charge in [0.1, 0.15) is 11.5 Å². The average molecular weight is 280 g/mol. The van der Waals surface area contributed by atoms with E-state index in [1.807, 2.05) is 0 Å². The Hall–Kier alpha value is -0.450. The summed E-state index contributed by atoms with van der Waals surface area (Å²) in [7, 11) is 0. The van der Waals surface area contributed by atoms with Crippen LogP contribution in [0, 0.1) is 6.92 Å². The van der Waals surface area contributed by atoms with Crippen molar-refractivity contribution in [1.82, 2.24) is 10.2 Å². The molecule has 1 atom stereocenters. The Morgan fingerprint density at radius 1 is 1.47 bits per heavy atom. The van der Waals surface area contributed by atoms with Crippen molar-refractivity contribution >= 4 is 11.8 Å². The van der Waals surface area contributed by atoms with Crippen molar-refractivity contribution in [2.75, 3.05) is 18.8 Å². The second-order valence-electron chi connectivity index (χ2n) is 5.87. The van der Waals surface area contributed by atoms with Gasteiger partial charge in [-0.15, -0.1) is 0 Å². The summed E-state index contributed by atoms with van der Waals surface area (Å²) < 4.78 is 5.92. The standard InChI is InChI=1S/C15H24N2OS/c1-11-9-17(5-6-19-11)10-15-7-13(12(2)18-15)8-16-14-3-4-14/h7,11,14,16H,3-6,8-10H2,1-2H3. The second-order valence-corrected chi connectivity index (χ2v) is 7.41. The number of nitrogens with zero attached hydrogens (tertiary/aromatic N) is 1. The summed E-state index contributed by atoms with van der Waals surface area (Å²) in [5, 5.41) is 4.31. The smallest absolute Gasteiger partial charge is 0.118 e. The molecule has 0 amide bonds. The molecule has 106 valence electrons. The van der Waals surface area contributed by atoms with Crippen LogP contribution in [-0.4, -0.2) is 35.0 Å². The predicted octanol–water partition coefficient (Wildman–Crippen LogP) is 2.78. The van der Waals surface area contributed by atoms with E-state index in [-0.39, 0.29) is 0 Å². The van der Waals surface area contributed by atoms with Gasteiger partial charge < -0.3 is 9.73 Å². The van der Waals surface area contributed by atoms with Gasteiger partial charge in [0, 0.05) is 42.2 Å². The van der Waals surface area contributed by atoms with Crippen LogP contribution >= 0.6 is 11.8 Å². The lowest BCUT2D eigenvalue weighted by molar-refractivity contribution is 0.253. The van der Waals surface area contributed by atoms with Crippen LogP contribution in [0.1, 0.15) is 36.8 Å². The Balaban J connectivity index is 1.56. The van der Waals surface area contributed by atoms with E-state index in [0.717, 1.165) is 35.9 Å². The zero-order valence-electron chi connectivity index (χ0n) is 11.9. The molecule has 3 nitrogen and oxygen atoms in total. The molecule has 1 N–H and O–H groups in total. The number of rotatable bonds is 5. The summed E-state index contributed by atoms with van der Waals surface area (Å²) in [5.74, 6) is 3.46. The highest BCUT2D eigenvalue weighted by Crippen LogP contribution is 2.23. The van der Waals surface area contributed by atoms with Crippen LogP contribution in [0.5, 0.6) is 0 Å². The fraction of sp³-hybridized carbons (Fsp3) is 0.733. The van der Waals surface area contributed by atoms with E-state index < -0.39 is 0 Å². The molecule has 19 heavy (non-hydrogen) atoms. The van der Waals surface area contributed by atoms with E-state index in [2.05, 4.69) is 41.9 Å². The molecular weight excluding hydrogens is 256 g/mol. The van der Waals surface area contributed by atoms with Crippen LogP contribution in [0.25, 0.3) is 0 Å². The van der Waals surface area contributed by atoms with Crippen LogP contribution in [-0.2, 0) is 13.1 Å². The molecule has 0 spiro atoms. The molecule has 2 heterocycles. The van der Waals surface area contributed by atoms with Gasteiger partial charge in [-0.3, -0.25) is 4.90 Å². The van der Waals surface area contributed by atoms with Gasteiger partial charge in [-0.05, 0) is 25.8 Å². The quantitative estimate of drug-likeness (QED) is 0.898. The van der Waals surface area contributed by atoms with Gasteiger partial charge in [0.05, 0.1) is 6.54 Å². The molecular formula is C15H24N2OS. The number of aryl methyl sites for hydroxylation is 1. The number of hydrogen-bond acceptors (Lipinski definition) is 4. The van der Waals surface area contributed by atoms with Gasteiger partial charge in [0.2, 0.25) is 0 Å². The number of nitrogens with one attached hydrogen (secondary N) is 1. The molecule has 1 aromatic rings. The highest BCUT2D eigenvalue weighted by atomic mass is 32.2. The first-order chi connectivity index (χ1) is 9.20. The molecule has 0 radical (unpaired) electrons. The molecule has 1 aromatic heterocycles. The summed E-state index contributed by atoms with van der Waals surface area (Å²) in [4.78, 5) is 2.51. The zero-order chi connectivity index (χ0) is 13.2. The maximum Gasteiger partial charge on any atom is 0.118 e. The van der Waals surface area contributed by atoms with Gasteiger partial charge in [-0.2, -0.15) is 11.8 Å². The second kappa shape index (κ2) is 5.90.